The summed E-state index contributed by atoms with van der Waals surface area (Å²) in [5.41, 5.74) is 2.56. The summed E-state index contributed by atoms with van der Waals surface area (Å²) in [6, 6.07) is 22.8. The van der Waals surface area contributed by atoms with E-state index in [2.05, 4.69) is 10.0 Å². The second-order valence-electron chi connectivity index (χ2n) is 8.90. The predicted molar refractivity (Wildman–Crippen MR) is 142 cm³/mol. The van der Waals surface area contributed by atoms with Crippen molar-refractivity contribution in [3.8, 4) is 5.75 Å². The van der Waals surface area contributed by atoms with Crippen molar-refractivity contribution in [2.75, 3.05) is 31.6 Å². The van der Waals surface area contributed by atoms with Crippen LogP contribution in [0.4, 0.5) is 5.69 Å². The van der Waals surface area contributed by atoms with Gasteiger partial charge < -0.3 is 15.0 Å². The first kappa shape index (κ1) is 26.4. The first-order chi connectivity index (χ1) is 17.9. The number of carbonyl (C=O) groups is 2. The van der Waals surface area contributed by atoms with Gasteiger partial charge in [0.15, 0.2) is 6.61 Å². The molecule has 37 heavy (non-hydrogen) atoms. The highest BCUT2D eigenvalue weighted by Crippen LogP contribution is 2.17. The molecule has 0 unspecified atom stereocenters. The van der Waals surface area contributed by atoms with E-state index in [1.807, 2.05) is 47.4 Å². The molecule has 0 saturated carbocycles. The van der Waals surface area contributed by atoms with Gasteiger partial charge in [-0.1, -0.05) is 42.5 Å². The minimum atomic E-state index is -3.64. The number of rotatable bonds is 11. The van der Waals surface area contributed by atoms with Gasteiger partial charge in [-0.3, -0.25) is 9.59 Å². The molecular weight excluding hydrogens is 490 g/mol. The van der Waals surface area contributed by atoms with Crippen molar-refractivity contribution in [3.63, 3.8) is 0 Å². The lowest BCUT2D eigenvalue weighted by molar-refractivity contribution is -0.129. The van der Waals surface area contributed by atoms with Crippen LogP contribution in [0.1, 0.15) is 24.0 Å². The quantitative estimate of drug-likeness (QED) is 0.403. The van der Waals surface area contributed by atoms with Crippen molar-refractivity contribution >= 4 is 27.5 Å². The number of benzene rings is 3. The maximum absolute atomic E-state index is 12.5. The molecule has 4 rings (SSSR count). The Labute approximate surface area is 217 Å². The Morgan fingerprint density at radius 2 is 1.51 bits per heavy atom. The summed E-state index contributed by atoms with van der Waals surface area (Å²) in [7, 11) is -3.64. The number of hydrogen-bond donors (Lipinski definition) is 2. The lowest BCUT2D eigenvalue weighted by Gasteiger charge is -2.15. The fourth-order valence-electron chi connectivity index (χ4n) is 4.08. The Morgan fingerprint density at radius 1 is 0.838 bits per heavy atom. The number of nitrogens with one attached hydrogen (secondary N) is 2. The molecule has 1 fully saturated rings. The highest BCUT2D eigenvalue weighted by atomic mass is 32.2. The van der Waals surface area contributed by atoms with Gasteiger partial charge in [0.1, 0.15) is 5.75 Å². The zero-order valence-electron chi connectivity index (χ0n) is 20.6. The molecule has 2 amide bonds. The van der Waals surface area contributed by atoms with Gasteiger partial charge in [-0.15, -0.1) is 0 Å². The molecule has 3 aromatic carbocycles. The summed E-state index contributed by atoms with van der Waals surface area (Å²) >= 11 is 0. The highest BCUT2D eigenvalue weighted by Gasteiger charge is 2.18. The van der Waals surface area contributed by atoms with Crippen LogP contribution in [0.25, 0.3) is 0 Å². The second-order valence-corrected chi connectivity index (χ2v) is 10.7. The molecule has 3 aromatic rings. The van der Waals surface area contributed by atoms with Crippen molar-refractivity contribution in [1.82, 2.24) is 9.62 Å². The molecule has 1 aliphatic heterocycles. The molecule has 0 aliphatic carbocycles. The molecule has 1 saturated heterocycles. The minimum Gasteiger partial charge on any atom is -0.484 e. The van der Waals surface area contributed by atoms with E-state index in [1.165, 1.54) is 24.3 Å². The van der Waals surface area contributed by atoms with E-state index in [0.29, 0.717) is 30.8 Å². The Kier molecular flexibility index (Phi) is 8.92. The molecule has 194 valence electrons. The molecule has 0 spiro atoms. The minimum absolute atomic E-state index is 0.126. The van der Waals surface area contributed by atoms with Crippen molar-refractivity contribution in [3.05, 3.63) is 90.0 Å². The zero-order valence-corrected chi connectivity index (χ0v) is 21.4. The van der Waals surface area contributed by atoms with E-state index >= 15 is 0 Å². The first-order valence-corrected chi connectivity index (χ1v) is 13.8. The van der Waals surface area contributed by atoms with Crippen molar-refractivity contribution in [2.24, 2.45) is 0 Å². The zero-order chi connectivity index (χ0) is 26.1. The molecule has 1 aliphatic rings. The standard InChI is InChI=1S/C28H31N3O5S/c32-27(30-24-10-8-23(9-11-24)20-28(33)31-18-4-5-19-31)21-36-25-12-14-26(15-13-25)37(34,35)29-17-16-22-6-2-1-3-7-22/h1-3,6-15,29H,4-5,16-21H2,(H,30,32). The van der Waals surface area contributed by atoms with Crippen LogP contribution < -0.4 is 14.8 Å². The average Bonchev–Trinajstić information content (AvgIpc) is 3.45. The summed E-state index contributed by atoms with van der Waals surface area (Å²) < 4.78 is 33.1. The van der Waals surface area contributed by atoms with Gasteiger partial charge in [0.25, 0.3) is 5.91 Å². The molecule has 2 N–H and O–H groups in total. The number of hydrogen-bond acceptors (Lipinski definition) is 5. The topological polar surface area (TPSA) is 105 Å². The Hall–Kier alpha value is -3.69. The monoisotopic (exact) mass is 521 g/mol. The van der Waals surface area contributed by atoms with Crippen LogP contribution in [0.5, 0.6) is 5.75 Å². The molecule has 9 heteroatoms. The van der Waals surface area contributed by atoms with E-state index < -0.39 is 10.0 Å². The van der Waals surface area contributed by atoms with Crippen LogP contribution in [-0.2, 0) is 32.5 Å². The van der Waals surface area contributed by atoms with E-state index in [9.17, 15) is 18.0 Å². The summed E-state index contributed by atoms with van der Waals surface area (Å²) in [5, 5.41) is 2.75. The second kappa shape index (κ2) is 12.5. The summed E-state index contributed by atoms with van der Waals surface area (Å²) in [6.45, 7) is 1.73. The molecule has 0 radical (unpaired) electrons. The van der Waals surface area contributed by atoms with Gasteiger partial charge in [-0.05, 0) is 66.8 Å². The van der Waals surface area contributed by atoms with Gasteiger partial charge in [0.2, 0.25) is 15.9 Å². The third-order valence-corrected chi connectivity index (χ3v) is 7.58. The van der Waals surface area contributed by atoms with Crippen LogP contribution in [0, 0.1) is 0 Å². The van der Waals surface area contributed by atoms with Crippen LogP contribution >= 0.6 is 0 Å². The molecule has 0 bridgehead atoms. The summed E-state index contributed by atoms with van der Waals surface area (Å²) in [6.07, 6.45) is 3.07. The lowest BCUT2D eigenvalue weighted by atomic mass is 10.1. The van der Waals surface area contributed by atoms with Crippen LogP contribution in [0.3, 0.4) is 0 Å². The molecular formula is C28H31N3O5S. The summed E-state index contributed by atoms with van der Waals surface area (Å²) in [4.78, 5) is 26.6. The fraction of sp³-hybridized carbons (Fsp3) is 0.286. The maximum Gasteiger partial charge on any atom is 0.262 e. The number of anilines is 1. The van der Waals surface area contributed by atoms with Crippen molar-refractivity contribution in [2.45, 2.75) is 30.6 Å². The van der Waals surface area contributed by atoms with E-state index in [0.717, 1.165) is 37.1 Å². The van der Waals surface area contributed by atoms with Gasteiger partial charge >= 0.3 is 0 Å². The van der Waals surface area contributed by atoms with Crippen molar-refractivity contribution < 1.29 is 22.7 Å². The van der Waals surface area contributed by atoms with E-state index in [1.54, 1.807) is 12.1 Å². The highest BCUT2D eigenvalue weighted by molar-refractivity contribution is 7.89. The SMILES string of the molecule is O=C(COc1ccc(S(=O)(=O)NCCc2ccccc2)cc1)Nc1ccc(CC(=O)N2CCCC2)cc1. The first-order valence-electron chi connectivity index (χ1n) is 12.3. The Balaban J connectivity index is 1.20. The molecule has 1 heterocycles. The third-order valence-electron chi connectivity index (χ3n) is 6.10. The molecule has 0 atom stereocenters. The van der Waals surface area contributed by atoms with Crippen molar-refractivity contribution in [1.29, 1.82) is 0 Å². The number of nitrogens with zero attached hydrogens (tertiary/aromatic N) is 1. The smallest absolute Gasteiger partial charge is 0.262 e. The fourth-order valence-corrected chi connectivity index (χ4v) is 5.11. The Bertz CT molecular complexity index is 1290. The van der Waals surface area contributed by atoms with Gasteiger partial charge in [0, 0.05) is 25.3 Å². The van der Waals surface area contributed by atoms with Crippen LogP contribution in [0.15, 0.2) is 83.8 Å². The predicted octanol–water partition coefficient (Wildman–Crippen LogP) is 3.39. The van der Waals surface area contributed by atoms with E-state index in [-0.39, 0.29) is 23.3 Å². The van der Waals surface area contributed by atoms with E-state index in [4.69, 9.17) is 4.74 Å². The van der Waals surface area contributed by atoms with Crippen LogP contribution in [0.2, 0.25) is 0 Å². The number of sulfonamides is 1. The summed E-state index contributed by atoms with van der Waals surface area (Å²) in [5.74, 6) is 0.166. The van der Waals surface area contributed by atoms with Gasteiger partial charge in [0.05, 0.1) is 11.3 Å². The average molecular weight is 522 g/mol. The maximum atomic E-state index is 12.5. The normalized spacial score (nSPS) is 13.4. The number of likely N-dealkylation sites (tertiary alicyclic amines) is 1. The Morgan fingerprint density at radius 3 is 2.19 bits per heavy atom. The van der Waals surface area contributed by atoms with Crippen LogP contribution in [-0.4, -0.2) is 51.4 Å². The molecule has 0 aromatic heterocycles. The number of carbonyl (C=O) groups excluding carboxylic acids is 2. The number of ether oxygens (including phenoxy) is 1. The lowest BCUT2D eigenvalue weighted by Crippen LogP contribution is -2.29. The third kappa shape index (κ3) is 7.90. The number of amides is 2. The van der Waals surface area contributed by atoms with Gasteiger partial charge in [-0.2, -0.15) is 0 Å². The van der Waals surface area contributed by atoms with Gasteiger partial charge in [-0.25, -0.2) is 13.1 Å². The largest absolute Gasteiger partial charge is 0.484 e. The molecule has 8 nitrogen and oxygen atoms in total.